The number of nitrogens with one attached hydrogen (secondary N) is 4. The van der Waals surface area contributed by atoms with Crippen LogP contribution in [0.5, 0.6) is 0 Å². The van der Waals surface area contributed by atoms with Gasteiger partial charge in [-0.3, -0.25) is 9.78 Å². The fourth-order valence-electron chi connectivity index (χ4n) is 6.66. The molecule has 0 bridgehead atoms. The average molecular weight is 1090 g/mol. The lowest BCUT2D eigenvalue weighted by Crippen LogP contribution is -2.46. The number of nitrogens with zero attached hydrogens (tertiary/aromatic N) is 11. The number of para-hydroxylation sites is 4. The summed E-state index contributed by atoms with van der Waals surface area (Å²) in [6.07, 6.45) is 12.2. The van der Waals surface area contributed by atoms with Crippen molar-refractivity contribution in [2.45, 2.75) is 194 Å². The van der Waals surface area contributed by atoms with Crippen molar-refractivity contribution in [3.63, 3.8) is 0 Å². The molecule has 432 valence electrons. The first-order valence-corrected chi connectivity index (χ1v) is 28.7. The molecule has 2 aromatic carbocycles. The average Bonchev–Trinajstić information content (AvgIpc) is 4.29. The molecule has 1 aliphatic heterocycles. The Morgan fingerprint density at radius 2 is 1.10 bits per heavy atom. The molecular formula is C60H99N15O2S. The van der Waals surface area contributed by atoms with Gasteiger partial charge in [0.2, 0.25) is 0 Å². The Bertz CT molecular complexity index is 2610. The van der Waals surface area contributed by atoms with Gasteiger partial charge in [-0.05, 0) is 140 Å². The lowest BCUT2D eigenvalue weighted by molar-refractivity contribution is 0.0923. The molecule has 17 nitrogen and oxygen atoms in total. The monoisotopic (exact) mass is 1090 g/mol. The van der Waals surface area contributed by atoms with E-state index in [9.17, 15) is 9.59 Å². The van der Waals surface area contributed by atoms with E-state index in [1.807, 2.05) is 151 Å². The minimum Gasteiger partial charge on any atom is -0.366 e. The Balaban J connectivity index is 0.000000889. The molecule has 0 atom stereocenters. The van der Waals surface area contributed by atoms with Crippen LogP contribution < -0.4 is 26.2 Å². The zero-order valence-electron chi connectivity index (χ0n) is 51.8. The Kier molecular flexibility index (Phi) is 34.4. The first-order chi connectivity index (χ1) is 37.1. The number of hydrogen-bond donors (Lipinski definition) is 4. The lowest BCUT2D eigenvalue weighted by atomic mass is 10.1. The van der Waals surface area contributed by atoms with Crippen LogP contribution in [0.3, 0.4) is 0 Å². The minimum absolute atomic E-state index is 0.0509. The maximum atomic E-state index is 11.4. The molecule has 3 amide bonds. The number of amides is 3. The first kappa shape index (κ1) is 71.0. The highest BCUT2D eigenvalue weighted by Gasteiger charge is 2.19. The molecule has 9 rings (SSSR count). The number of urea groups is 1. The molecule has 0 unspecified atom stereocenters. The number of benzene rings is 2. The summed E-state index contributed by atoms with van der Waals surface area (Å²) in [7, 11) is 0. The van der Waals surface area contributed by atoms with Crippen molar-refractivity contribution in [1.82, 2.24) is 64.5 Å². The van der Waals surface area contributed by atoms with Crippen molar-refractivity contribution in [2.24, 2.45) is 0 Å². The third-order valence-electron chi connectivity index (χ3n) is 9.97. The van der Waals surface area contributed by atoms with E-state index in [4.69, 9.17) is 0 Å². The molecule has 4 N–H and O–H groups in total. The summed E-state index contributed by atoms with van der Waals surface area (Å²) in [6, 6.07) is 22.3. The Labute approximate surface area is 473 Å². The maximum absolute atomic E-state index is 11.4. The molecule has 7 heterocycles. The van der Waals surface area contributed by atoms with E-state index in [0.29, 0.717) is 35.6 Å². The van der Waals surface area contributed by atoms with Gasteiger partial charge in [0.15, 0.2) is 11.3 Å². The zero-order valence-corrected chi connectivity index (χ0v) is 52.6. The standard InChI is InChI=1S/C10H14N2.C10H12N2.C9H11N3.C8H10N4.C8H12N2OS.C7H16N2O.4C2H6/c2*1-8(2)12-7-11-9-5-3-4-6-10(9)12;1-7(2)12-6-11-8-4-3-5-10-9(8)12;1-6(2)12-5-11-7-3-9-4-10-8(7)12;1-8(2,3)10-7(11)6-4-9-5-12-6;1-5-8-6(10)9-7(2,3)4;4*1-2/h3-6,8,11H,7H2,1-2H3;3-8H,1-2H3;3-7H,1-2H3;3-6H,1-2H3;4-5H,1-3H3,(H,10,11);5H2,1-4H3,(H2,8,9,10);4*1-2H3. The van der Waals surface area contributed by atoms with Crippen LogP contribution in [0.1, 0.15) is 187 Å². The summed E-state index contributed by atoms with van der Waals surface area (Å²) in [4.78, 5) is 54.1. The predicted octanol–water partition coefficient (Wildman–Crippen LogP) is 15.2. The van der Waals surface area contributed by atoms with E-state index >= 15 is 0 Å². The maximum Gasteiger partial charge on any atom is 0.315 e. The highest BCUT2D eigenvalue weighted by atomic mass is 32.1. The van der Waals surface area contributed by atoms with Gasteiger partial charge in [-0.15, -0.1) is 11.3 Å². The van der Waals surface area contributed by atoms with Crippen LogP contribution >= 0.6 is 11.3 Å². The van der Waals surface area contributed by atoms with Gasteiger partial charge in [0.25, 0.3) is 5.91 Å². The van der Waals surface area contributed by atoms with Crippen molar-refractivity contribution in [2.75, 3.05) is 23.4 Å². The number of carbonyl (C=O) groups is 2. The number of rotatable bonds is 6. The molecule has 78 heavy (non-hydrogen) atoms. The van der Waals surface area contributed by atoms with E-state index in [1.165, 1.54) is 28.2 Å². The first-order valence-electron chi connectivity index (χ1n) is 27.8. The minimum atomic E-state index is -0.179. The number of pyridine rings is 1. The molecular weight excluding hydrogens is 995 g/mol. The number of carbonyl (C=O) groups excluding carboxylic acids is 2. The number of thiazole rings is 1. The van der Waals surface area contributed by atoms with Crippen LogP contribution in [0.25, 0.3) is 33.4 Å². The molecule has 0 aliphatic carbocycles. The van der Waals surface area contributed by atoms with Crippen LogP contribution in [-0.4, -0.2) is 90.9 Å². The zero-order chi connectivity index (χ0) is 59.6. The van der Waals surface area contributed by atoms with Crippen molar-refractivity contribution >= 4 is 68.0 Å². The van der Waals surface area contributed by atoms with Crippen LogP contribution in [0.15, 0.2) is 110 Å². The van der Waals surface area contributed by atoms with Gasteiger partial charge in [-0.1, -0.05) is 79.7 Å². The number of hydrogen-bond acceptors (Lipinski definition) is 12. The molecule has 0 spiro atoms. The van der Waals surface area contributed by atoms with Gasteiger partial charge >= 0.3 is 6.03 Å². The van der Waals surface area contributed by atoms with E-state index in [-0.39, 0.29) is 23.0 Å². The highest BCUT2D eigenvalue weighted by Crippen LogP contribution is 2.31. The second-order valence-electron chi connectivity index (χ2n) is 19.5. The fourth-order valence-corrected chi connectivity index (χ4v) is 7.18. The van der Waals surface area contributed by atoms with Gasteiger partial charge in [-0.25, -0.2) is 34.7 Å². The van der Waals surface area contributed by atoms with Gasteiger partial charge in [-0.2, -0.15) is 0 Å². The largest absolute Gasteiger partial charge is 0.366 e. The van der Waals surface area contributed by atoms with Crippen molar-refractivity contribution < 1.29 is 9.59 Å². The summed E-state index contributed by atoms with van der Waals surface area (Å²) in [5.41, 5.74) is 9.89. The Hall–Kier alpha value is -6.95. The number of fused-ring (bicyclic) bond motifs is 4. The summed E-state index contributed by atoms with van der Waals surface area (Å²) < 4.78 is 6.27. The normalized spacial score (nSPS) is 10.9. The van der Waals surface area contributed by atoms with Crippen molar-refractivity contribution in [3.8, 4) is 0 Å². The van der Waals surface area contributed by atoms with E-state index in [1.54, 1.807) is 36.8 Å². The number of aromatic nitrogens is 10. The molecule has 6 aromatic heterocycles. The van der Waals surface area contributed by atoms with E-state index in [2.05, 4.69) is 156 Å². The van der Waals surface area contributed by atoms with Gasteiger partial charge in [0.1, 0.15) is 22.2 Å². The van der Waals surface area contributed by atoms with Crippen LogP contribution in [0.2, 0.25) is 0 Å². The summed E-state index contributed by atoms with van der Waals surface area (Å²) in [5, 5.41) is 11.6. The molecule has 1 aliphatic rings. The Morgan fingerprint density at radius 3 is 1.64 bits per heavy atom. The SMILES string of the molecule is CC.CC.CC.CC.CC(C)(C)NC(=O)c1cncs1.CC(C)N1CNc2ccccc21.CC(C)n1cnc2ccccc21.CC(C)n1cnc2cccnc21.CC(C)n1cnc2cncnc21.CCNC(=O)NC(C)(C)C. The smallest absolute Gasteiger partial charge is 0.315 e. The predicted molar refractivity (Wildman–Crippen MR) is 333 cm³/mol. The van der Waals surface area contributed by atoms with Crippen LogP contribution in [0, 0.1) is 0 Å². The van der Waals surface area contributed by atoms with Gasteiger partial charge in [0.05, 0.1) is 66.0 Å². The third kappa shape index (κ3) is 25.0. The van der Waals surface area contributed by atoms with Gasteiger partial charge < -0.3 is 39.9 Å². The molecule has 0 fully saturated rings. The number of imidazole rings is 3. The van der Waals surface area contributed by atoms with Crippen molar-refractivity contribution in [1.29, 1.82) is 0 Å². The fraction of sp³-hybridized carbons (Fsp3) is 0.517. The molecule has 0 saturated heterocycles. The van der Waals surface area contributed by atoms with Crippen molar-refractivity contribution in [3.05, 3.63) is 115 Å². The molecule has 18 heteroatoms. The lowest BCUT2D eigenvalue weighted by Gasteiger charge is -2.22. The summed E-state index contributed by atoms with van der Waals surface area (Å²) in [6.45, 7) is 48.4. The van der Waals surface area contributed by atoms with Crippen LogP contribution in [0.4, 0.5) is 16.2 Å². The molecule has 0 radical (unpaired) electrons. The van der Waals surface area contributed by atoms with Gasteiger partial charge in [0, 0.05) is 48.0 Å². The number of anilines is 2. The van der Waals surface area contributed by atoms with E-state index < -0.39 is 0 Å². The summed E-state index contributed by atoms with van der Waals surface area (Å²) in [5.74, 6) is -0.0509. The highest BCUT2D eigenvalue weighted by molar-refractivity contribution is 7.11. The topological polar surface area (TPSA) is 191 Å². The second-order valence-corrected chi connectivity index (χ2v) is 20.4. The molecule has 8 aromatic rings. The Morgan fingerprint density at radius 1 is 0.590 bits per heavy atom. The summed E-state index contributed by atoms with van der Waals surface area (Å²) >= 11 is 1.35. The van der Waals surface area contributed by atoms with E-state index in [0.717, 1.165) is 34.5 Å². The quantitative estimate of drug-likeness (QED) is 0.124. The third-order valence-corrected chi connectivity index (χ3v) is 10.7. The van der Waals surface area contributed by atoms with Crippen LogP contribution in [-0.2, 0) is 0 Å². The molecule has 0 saturated carbocycles. The second kappa shape index (κ2) is 37.8.